The Balaban J connectivity index is 2.11. The highest BCUT2D eigenvalue weighted by atomic mass is 16.3. The largest absolute Gasteiger partial charge is 0.394 e. The summed E-state index contributed by atoms with van der Waals surface area (Å²) in [6.45, 7) is 2.16. The summed E-state index contributed by atoms with van der Waals surface area (Å²) < 4.78 is 0. The van der Waals surface area contributed by atoms with Crippen LogP contribution in [0.15, 0.2) is 0 Å². The molecule has 1 amide bonds. The predicted octanol–water partition coefficient (Wildman–Crippen LogP) is -0.641. The molecule has 10 heavy (non-hydrogen) atoms. The maximum atomic E-state index is 11.0. The van der Waals surface area contributed by atoms with E-state index in [9.17, 15) is 4.79 Å². The van der Waals surface area contributed by atoms with Crippen LogP contribution in [0, 0.1) is 17.8 Å². The van der Waals surface area contributed by atoms with Crippen molar-refractivity contribution in [2.45, 2.75) is 13.0 Å². The van der Waals surface area contributed by atoms with E-state index < -0.39 is 0 Å². The monoisotopic (exact) mass is 141 g/mol. The highest BCUT2D eigenvalue weighted by Gasteiger charge is 2.60. The Kier molecular flexibility index (Phi) is 1.06. The van der Waals surface area contributed by atoms with Crippen molar-refractivity contribution in [2.75, 3.05) is 6.61 Å². The summed E-state index contributed by atoms with van der Waals surface area (Å²) in [5, 5.41) is 11.5. The zero-order valence-electron chi connectivity index (χ0n) is 5.87. The summed E-state index contributed by atoms with van der Waals surface area (Å²) in [4.78, 5) is 11.0. The van der Waals surface area contributed by atoms with Gasteiger partial charge in [0, 0.05) is 5.92 Å². The van der Waals surface area contributed by atoms with Crippen molar-refractivity contribution in [3.05, 3.63) is 0 Å². The predicted molar refractivity (Wildman–Crippen MR) is 35.2 cm³/mol. The fourth-order valence-electron chi connectivity index (χ4n) is 2.07. The van der Waals surface area contributed by atoms with Crippen molar-refractivity contribution in [2.24, 2.45) is 17.8 Å². The van der Waals surface area contributed by atoms with E-state index in [2.05, 4.69) is 12.2 Å². The second-order valence-corrected chi connectivity index (χ2v) is 3.26. The maximum Gasteiger partial charge on any atom is 0.224 e. The third kappa shape index (κ3) is 0.560. The molecule has 56 valence electrons. The van der Waals surface area contributed by atoms with Gasteiger partial charge in [-0.2, -0.15) is 0 Å². The topological polar surface area (TPSA) is 49.3 Å². The molecule has 0 unspecified atom stereocenters. The number of aliphatic hydroxyl groups excluding tert-OH is 1. The molecule has 0 aromatic carbocycles. The Labute approximate surface area is 59.4 Å². The Morgan fingerprint density at radius 3 is 2.70 bits per heavy atom. The molecule has 2 rings (SSSR count). The molecular weight excluding hydrogens is 130 g/mol. The minimum absolute atomic E-state index is 0.0486. The summed E-state index contributed by atoms with van der Waals surface area (Å²) in [5.74, 6) is 1.29. The van der Waals surface area contributed by atoms with Crippen LogP contribution in [0.5, 0.6) is 0 Å². The molecule has 1 saturated heterocycles. The minimum atomic E-state index is 0.0486. The number of nitrogens with one attached hydrogen (secondary N) is 1. The summed E-state index contributed by atoms with van der Waals surface area (Å²) >= 11 is 0. The first-order valence-electron chi connectivity index (χ1n) is 3.67. The molecule has 0 spiro atoms. The number of hydrogen-bond donors (Lipinski definition) is 2. The van der Waals surface area contributed by atoms with Gasteiger partial charge in [-0.05, 0) is 11.8 Å². The Bertz CT molecular complexity index is 180. The van der Waals surface area contributed by atoms with Gasteiger partial charge >= 0.3 is 0 Å². The lowest BCUT2D eigenvalue weighted by Gasteiger charge is -2.09. The molecule has 2 aliphatic rings. The van der Waals surface area contributed by atoms with E-state index in [-0.39, 0.29) is 24.5 Å². The van der Waals surface area contributed by atoms with Gasteiger partial charge in [0.1, 0.15) is 0 Å². The van der Waals surface area contributed by atoms with Crippen LogP contribution in [-0.4, -0.2) is 23.7 Å². The van der Waals surface area contributed by atoms with Crippen LogP contribution < -0.4 is 5.32 Å². The van der Waals surface area contributed by atoms with Gasteiger partial charge in [-0.1, -0.05) is 6.92 Å². The number of rotatable bonds is 1. The number of hydrogen-bond acceptors (Lipinski definition) is 2. The van der Waals surface area contributed by atoms with Gasteiger partial charge in [-0.15, -0.1) is 0 Å². The molecule has 0 bridgehead atoms. The van der Waals surface area contributed by atoms with Crippen molar-refractivity contribution in [3.8, 4) is 0 Å². The molecule has 0 radical (unpaired) electrons. The molecule has 2 fully saturated rings. The zero-order valence-corrected chi connectivity index (χ0v) is 5.87. The Hall–Kier alpha value is -0.570. The van der Waals surface area contributed by atoms with E-state index in [1.165, 1.54) is 0 Å². The van der Waals surface area contributed by atoms with Crippen LogP contribution in [0.2, 0.25) is 0 Å². The average Bonchev–Trinajstić information content (AvgIpc) is 2.40. The van der Waals surface area contributed by atoms with Crippen molar-refractivity contribution in [1.82, 2.24) is 5.32 Å². The van der Waals surface area contributed by atoms with Crippen LogP contribution in [-0.2, 0) is 4.79 Å². The highest BCUT2D eigenvalue weighted by Crippen LogP contribution is 2.51. The SMILES string of the molecule is C[C@@H]1[C@H]2C(=O)N[C@H](CO)[C@@H]12. The van der Waals surface area contributed by atoms with E-state index in [1.54, 1.807) is 0 Å². The van der Waals surface area contributed by atoms with Gasteiger partial charge in [0.2, 0.25) is 5.91 Å². The second-order valence-electron chi connectivity index (χ2n) is 3.26. The van der Waals surface area contributed by atoms with Crippen LogP contribution in [0.1, 0.15) is 6.92 Å². The average molecular weight is 141 g/mol. The number of fused-ring (bicyclic) bond motifs is 1. The van der Waals surface area contributed by atoms with E-state index in [1.807, 2.05) is 0 Å². The molecule has 1 saturated carbocycles. The van der Waals surface area contributed by atoms with Gasteiger partial charge < -0.3 is 10.4 Å². The standard InChI is InChI=1S/C7H11NO2/c1-3-5-4(2-9)8-7(10)6(3)5/h3-6,9H,2H2,1H3,(H,8,10)/t3-,4+,5+,6+/m0/s1. The third-order valence-electron chi connectivity index (χ3n) is 2.74. The summed E-state index contributed by atoms with van der Waals surface area (Å²) in [6, 6.07) is 0.0486. The number of amides is 1. The van der Waals surface area contributed by atoms with E-state index in [0.717, 1.165) is 0 Å². The minimum Gasteiger partial charge on any atom is -0.394 e. The third-order valence-corrected chi connectivity index (χ3v) is 2.74. The first-order chi connectivity index (χ1) is 4.75. The normalized spacial score (nSPS) is 50.4. The van der Waals surface area contributed by atoms with E-state index in [4.69, 9.17) is 5.11 Å². The fraction of sp³-hybridized carbons (Fsp3) is 0.857. The van der Waals surface area contributed by atoms with Crippen LogP contribution in [0.25, 0.3) is 0 Å². The first-order valence-corrected chi connectivity index (χ1v) is 3.67. The Morgan fingerprint density at radius 2 is 2.40 bits per heavy atom. The van der Waals surface area contributed by atoms with Gasteiger partial charge in [0.15, 0.2) is 0 Å². The lowest BCUT2D eigenvalue weighted by atomic mass is 10.2. The summed E-state index contributed by atoms with van der Waals surface area (Å²) in [5.41, 5.74) is 0. The van der Waals surface area contributed by atoms with E-state index >= 15 is 0 Å². The van der Waals surface area contributed by atoms with Crippen molar-refractivity contribution < 1.29 is 9.90 Å². The molecule has 3 heteroatoms. The molecule has 1 heterocycles. The highest BCUT2D eigenvalue weighted by molar-refractivity contribution is 5.85. The number of aliphatic hydroxyl groups is 1. The van der Waals surface area contributed by atoms with Gasteiger partial charge in [-0.25, -0.2) is 0 Å². The number of carbonyl (C=O) groups is 1. The fourth-order valence-corrected chi connectivity index (χ4v) is 2.07. The van der Waals surface area contributed by atoms with E-state index in [0.29, 0.717) is 11.8 Å². The molecular formula is C7H11NO2. The van der Waals surface area contributed by atoms with Crippen LogP contribution in [0.4, 0.5) is 0 Å². The quantitative estimate of drug-likeness (QED) is 0.510. The van der Waals surface area contributed by atoms with Gasteiger partial charge in [-0.3, -0.25) is 4.79 Å². The molecule has 1 aliphatic heterocycles. The lowest BCUT2D eigenvalue weighted by molar-refractivity contribution is -0.121. The molecule has 0 aromatic rings. The molecule has 1 aliphatic carbocycles. The molecule has 3 nitrogen and oxygen atoms in total. The van der Waals surface area contributed by atoms with Crippen molar-refractivity contribution >= 4 is 5.91 Å². The lowest BCUT2D eigenvalue weighted by Crippen LogP contribution is -2.34. The number of piperidine rings is 1. The van der Waals surface area contributed by atoms with Crippen LogP contribution in [0.3, 0.4) is 0 Å². The van der Waals surface area contributed by atoms with Crippen molar-refractivity contribution in [3.63, 3.8) is 0 Å². The molecule has 0 aromatic heterocycles. The Morgan fingerprint density at radius 1 is 1.70 bits per heavy atom. The summed E-state index contributed by atoms with van der Waals surface area (Å²) in [6.07, 6.45) is 0. The van der Waals surface area contributed by atoms with Crippen LogP contribution >= 0.6 is 0 Å². The first kappa shape index (κ1) is 6.16. The molecule has 2 N–H and O–H groups in total. The van der Waals surface area contributed by atoms with Gasteiger partial charge in [0.25, 0.3) is 0 Å². The molecule has 4 atom stereocenters. The van der Waals surface area contributed by atoms with Gasteiger partial charge in [0.05, 0.1) is 12.6 Å². The smallest absolute Gasteiger partial charge is 0.224 e. The maximum absolute atomic E-state index is 11.0. The zero-order chi connectivity index (χ0) is 7.30. The summed E-state index contributed by atoms with van der Waals surface area (Å²) in [7, 11) is 0. The van der Waals surface area contributed by atoms with Crippen molar-refractivity contribution in [1.29, 1.82) is 0 Å². The second kappa shape index (κ2) is 1.72. The number of carbonyl (C=O) groups excluding carboxylic acids is 1.